The van der Waals surface area contributed by atoms with Gasteiger partial charge in [-0.25, -0.2) is 0 Å². The minimum Gasteiger partial charge on any atom is -0.327 e. The highest BCUT2D eigenvalue weighted by Gasteiger charge is 2.29. The molecule has 0 aliphatic carbocycles. The lowest BCUT2D eigenvalue weighted by atomic mass is 9.88. The molecule has 2 N–H and O–H groups in total. The molecule has 0 aromatic rings. The van der Waals surface area contributed by atoms with Gasteiger partial charge in [-0.15, -0.1) is 0 Å². The fourth-order valence-corrected chi connectivity index (χ4v) is 2.24. The van der Waals surface area contributed by atoms with Gasteiger partial charge in [-0.2, -0.15) is 0 Å². The Morgan fingerprint density at radius 3 is 2.77 bits per heavy atom. The number of nitrogens with zero attached hydrogens (tertiary/aromatic N) is 1. The van der Waals surface area contributed by atoms with E-state index in [0.717, 1.165) is 24.0 Å². The Kier molecular flexibility index (Phi) is 3.95. The van der Waals surface area contributed by atoms with Crippen LogP contribution in [0.2, 0.25) is 0 Å². The summed E-state index contributed by atoms with van der Waals surface area (Å²) in [5.41, 5.74) is 6.00. The number of nitrogens with two attached hydrogens (primary N) is 1. The second-order valence-corrected chi connectivity index (χ2v) is 5.16. The maximum atomic E-state index is 6.00. The van der Waals surface area contributed by atoms with Crippen molar-refractivity contribution in [1.82, 2.24) is 4.90 Å². The molecule has 1 saturated heterocycles. The van der Waals surface area contributed by atoms with E-state index in [1.807, 2.05) is 0 Å². The first-order chi connectivity index (χ1) is 6.02. The minimum atomic E-state index is 0.370. The van der Waals surface area contributed by atoms with Crippen LogP contribution in [0.15, 0.2) is 11.1 Å². The van der Waals surface area contributed by atoms with Gasteiger partial charge < -0.3 is 5.73 Å². The van der Waals surface area contributed by atoms with Crippen LogP contribution in [0.4, 0.5) is 0 Å². The largest absolute Gasteiger partial charge is 0.327 e. The van der Waals surface area contributed by atoms with Crippen molar-refractivity contribution in [3.8, 4) is 0 Å². The molecule has 0 bridgehead atoms. The summed E-state index contributed by atoms with van der Waals surface area (Å²) in [6.07, 6.45) is 1.10. The van der Waals surface area contributed by atoms with Crippen molar-refractivity contribution in [2.24, 2.45) is 11.7 Å². The number of likely N-dealkylation sites (tertiary alicyclic amines) is 1. The molecule has 1 aliphatic heterocycles. The van der Waals surface area contributed by atoms with Crippen LogP contribution < -0.4 is 5.73 Å². The van der Waals surface area contributed by atoms with Crippen LogP contribution >= 0.6 is 15.9 Å². The van der Waals surface area contributed by atoms with Crippen LogP contribution in [0.1, 0.15) is 20.3 Å². The molecule has 0 amide bonds. The monoisotopic (exact) mass is 246 g/mol. The van der Waals surface area contributed by atoms with Gasteiger partial charge in [-0.1, -0.05) is 29.4 Å². The molecular formula is C10H19BrN2. The molecule has 1 heterocycles. The van der Waals surface area contributed by atoms with E-state index in [9.17, 15) is 0 Å². The van der Waals surface area contributed by atoms with E-state index in [4.69, 9.17) is 5.73 Å². The highest BCUT2D eigenvalue weighted by Crippen LogP contribution is 2.23. The Labute approximate surface area is 89.3 Å². The van der Waals surface area contributed by atoms with E-state index in [0.29, 0.717) is 18.0 Å². The van der Waals surface area contributed by atoms with Crippen LogP contribution in [0.25, 0.3) is 0 Å². The van der Waals surface area contributed by atoms with E-state index in [1.165, 1.54) is 0 Å². The maximum Gasteiger partial charge on any atom is 0.0296 e. The second-order valence-electron chi connectivity index (χ2n) is 4.04. The van der Waals surface area contributed by atoms with Crippen molar-refractivity contribution in [2.75, 3.05) is 13.1 Å². The van der Waals surface area contributed by atoms with Crippen molar-refractivity contribution in [1.29, 1.82) is 0 Å². The summed E-state index contributed by atoms with van der Waals surface area (Å²) in [6.45, 7) is 10.4. The van der Waals surface area contributed by atoms with Gasteiger partial charge in [-0.3, -0.25) is 4.90 Å². The molecule has 0 saturated carbocycles. The molecule has 1 rings (SSSR count). The van der Waals surface area contributed by atoms with Crippen LogP contribution in [0.3, 0.4) is 0 Å². The maximum absolute atomic E-state index is 6.00. The van der Waals surface area contributed by atoms with Crippen molar-refractivity contribution >= 4 is 15.9 Å². The first-order valence-electron chi connectivity index (χ1n) is 4.85. The molecule has 0 spiro atoms. The summed E-state index contributed by atoms with van der Waals surface area (Å²) in [4.78, 5) is 2.44. The third kappa shape index (κ3) is 2.79. The molecule has 3 unspecified atom stereocenters. The topological polar surface area (TPSA) is 29.3 Å². The van der Waals surface area contributed by atoms with E-state index < -0.39 is 0 Å². The Balaban J connectivity index is 2.53. The fraction of sp³-hybridized carbons (Fsp3) is 0.800. The van der Waals surface area contributed by atoms with Crippen molar-refractivity contribution in [2.45, 2.75) is 32.4 Å². The zero-order valence-corrected chi connectivity index (χ0v) is 10.0. The molecule has 1 aliphatic rings. The first-order valence-corrected chi connectivity index (χ1v) is 5.64. The molecule has 3 heteroatoms. The standard InChI is InChI=1S/C10H19BrN2/c1-7(11)6-13-5-4-10(12)8(2)9(13)3/h8-10H,1,4-6,12H2,2-3H3. The SMILES string of the molecule is C=C(Br)CN1CCC(N)C(C)C1C. The quantitative estimate of drug-likeness (QED) is 0.808. The molecular weight excluding hydrogens is 228 g/mol. The van der Waals surface area contributed by atoms with Crippen molar-refractivity contribution < 1.29 is 0 Å². The van der Waals surface area contributed by atoms with E-state index in [1.54, 1.807) is 0 Å². The summed E-state index contributed by atoms with van der Waals surface area (Å²) < 4.78 is 1.06. The summed E-state index contributed by atoms with van der Waals surface area (Å²) in [7, 11) is 0. The van der Waals surface area contributed by atoms with Crippen LogP contribution in [-0.4, -0.2) is 30.1 Å². The molecule has 1 fully saturated rings. The second kappa shape index (κ2) is 4.58. The van der Waals surface area contributed by atoms with E-state index >= 15 is 0 Å². The van der Waals surface area contributed by atoms with Gasteiger partial charge in [0, 0.05) is 29.7 Å². The predicted octanol–water partition coefficient (Wildman–Crippen LogP) is 1.95. The number of halogens is 1. The third-order valence-electron chi connectivity index (χ3n) is 3.14. The average Bonchev–Trinajstić information content (AvgIpc) is 2.06. The van der Waals surface area contributed by atoms with Gasteiger partial charge in [0.05, 0.1) is 0 Å². The van der Waals surface area contributed by atoms with Gasteiger partial charge in [0.2, 0.25) is 0 Å². The Morgan fingerprint density at radius 1 is 1.62 bits per heavy atom. The molecule has 0 aromatic carbocycles. The van der Waals surface area contributed by atoms with Crippen LogP contribution in [0, 0.1) is 5.92 Å². The van der Waals surface area contributed by atoms with Gasteiger partial charge in [-0.05, 0) is 19.3 Å². The zero-order valence-electron chi connectivity index (χ0n) is 8.46. The minimum absolute atomic E-state index is 0.370. The lowest BCUT2D eigenvalue weighted by molar-refractivity contribution is 0.110. The summed E-state index contributed by atoms with van der Waals surface area (Å²) in [5.74, 6) is 0.584. The van der Waals surface area contributed by atoms with E-state index in [-0.39, 0.29) is 0 Å². The third-order valence-corrected chi connectivity index (χ3v) is 3.39. The molecule has 0 radical (unpaired) electrons. The Morgan fingerprint density at radius 2 is 2.23 bits per heavy atom. The molecule has 2 nitrogen and oxygen atoms in total. The average molecular weight is 247 g/mol. The number of hydrogen-bond donors (Lipinski definition) is 1. The molecule has 0 aromatic heterocycles. The molecule has 13 heavy (non-hydrogen) atoms. The van der Waals surface area contributed by atoms with Gasteiger partial charge in [0.1, 0.15) is 0 Å². The first kappa shape index (κ1) is 11.2. The van der Waals surface area contributed by atoms with E-state index in [2.05, 4.69) is 41.3 Å². The number of hydrogen-bond acceptors (Lipinski definition) is 2. The van der Waals surface area contributed by atoms with Crippen LogP contribution in [0.5, 0.6) is 0 Å². The fourth-order valence-electron chi connectivity index (χ4n) is 1.92. The van der Waals surface area contributed by atoms with Crippen LogP contribution in [-0.2, 0) is 0 Å². The normalized spacial score (nSPS) is 36.2. The van der Waals surface area contributed by atoms with Gasteiger partial charge in [0.15, 0.2) is 0 Å². The summed E-state index contributed by atoms with van der Waals surface area (Å²) in [5, 5.41) is 0. The number of piperidine rings is 1. The smallest absolute Gasteiger partial charge is 0.0296 e. The molecule has 3 atom stereocenters. The Hall–Kier alpha value is 0.140. The lowest BCUT2D eigenvalue weighted by Crippen LogP contribution is -2.51. The zero-order chi connectivity index (χ0) is 10.0. The predicted molar refractivity (Wildman–Crippen MR) is 60.9 cm³/mol. The van der Waals surface area contributed by atoms with Gasteiger partial charge in [0.25, 0.3) is 0 Å². The number of rotatable bonds is 2. The highest BCUT2D eigenvalue weighted by molar-refractivity contribution is 9.11. The van der Waals surface area contributed by atoms with Gasteiger partial charge >= 0.3 is 0 Å². The molecule has 76 valence electrons. The van der Waals surface area contributed by atoms with Crippen molar-refractivity contribution in [3.63, 3.8) is 0 Å². The summed E-state index contributed by atoms with van der Waals surface area (Å²) >= 11 is 3.41. The summed E-state index contributed by atoms with van der Waals surface area (Å²) in [6, 6.07) is 0.938. The highest BCUT2D eigenvalue weighted by atomic mass is 79.9. The Bertz CT molecular complexity index is 193. The van der Waals surface area contributed by atoms with Crippen molar-refractivity contribution in [3.05, 3.63) is 11.1 Å². The lowest BCUT2D eigenvalue weighted by Gasteiger charge is -2.41.